The summed E-state index contributed by atoms with van der Waals surface area (Å²) in [6.45, 7) is 6.92. The van der Waals surface area contributed by atoms with Gasteiger partial charge >= 0.3 is 0 Å². The maximum atomic E-state index is 9.09. The average molecular weight is 202 g/mol. The van der Waals surface area contributed by atoms with E-state index in [9.17, 15) is 0 Å². The van der Waals surface area contributed by atoms with Crippen LogP contribution in [0.15, 0.2) is 12.2 Å². The molecule has 0 aliphatic rings. The molecule has 0 aliphatic heterocycles. The second-order valence-electron chi connectivity index (χ2n) is 3.28. The first-order chi connectivity index (χ1) is 6.76. The van der Waals surface area contributed by atoms with Crippen LogP contribution in [0.5, 0.6) is 0 Å². The number of hydrogen-bond donors (Lipinski definition) is 1. The summed E-state index contributed by atoms with van der Waals surface area (Å²) in [5.41, 5.74) is 0. The van der Waals surface area contributed by atoms with Gasteiger partial charge in [0.1, 0.15) is 6.79 Å². The van der Waals surface area contributed by atoms with Crippen molar-refractivity contribution in [3.63, 3.8) is 0 Å². The van der Waals surface area contributed by atoms with Crippen molar-refractivity contribution in [2.24, 2.45) is 5.92 Å². The van der Waals surface area contributed by atoms with E-state index in [-0.39, 0.29) is 19.5 Å². The maximum absolute atomic E-state index is 9.09. The van der Waals surface area contributed by atoms with Crippen molar-refractivity contribution in [1.82, 2.24) is 0 Å². The van der Waals surface area contributed by atoms with E-state index in [1.165, 1.54) is 0 Å². The molecule has 0 rings (SSSR count). The van der Waals surface area contributed by atoms with Crippen LogP contribution in [0.25, 0.3) is 0 Å². The molecule has 3 heteroatoms. The first-order valence-electron chi connectivity index (χ1n) is 5.17. The third kappa shape index (κ3) is 6.13. The molecule has 0 unspecified atom stereocenters. The Kier molecular flexibility index (Phi) is 8.94. The molecule has 0 saturated carbocycles. The topological polar surface area (TPSA) is 38.7 Å². The van der Waals surface area contributed by atoms with E-state index in [1.54, 1.807) is 0 Å². The van der Waals surface area contributed by atoms with Crippen molar-refractivity contribution in [2.45, 2.75) is 33.3 Å². The number of hydrogen-bond acceptors (Lipinski definition) is 3. The predicted molar refractivity (Wildman–Crippen MR) is 57.0 cm³/mol. The van der Waals surface area contributed by atoms with Gasteiger partial charge in [-0.2, -0.15) is 0 Å². The Morgan fingerprint density at radius 1 is 1.43 bits per heavy atom. The van der Waals surface area contributed by atoms with Gasteiger partial charge < -0.3 is 14.6 Å². The molecule has 0 fully saturated rings. The molecule has 84 valence electrons. The zero-order chi connectivity index (χ0) is 10.8. The molecule has 0 saturated heterocycles. The molecule has 0 aromatic carbocycles. The summed E-state index contributed by atoms with van der Waals surface area (Å²) in [5.74, 6) is 0.316. The van der Waals surface area contributed by atoms with Gasteiger partial charge in [-0.1, -0.05) is 19.1 Å². The Morgan fingerprint density at radius 3 is 2.64 bits per heavy atom. The molecule has 14 heavy (non-hydrogen) atoms. The Morgan fingerprint density at radius 2 is 2.14 bits per heavy atom. The summed E-state index contributed by atoms with van der Waals surface area (Å²) in [5, 5.41) is 9.09. The van der Waals surface area contributed by atoms with Gasteiger partial charge in [-0.25, -0.2) is 0 Å². The Bertz CT molecular complexity index is 145. The highest BCUT2D eigenvalue weighted by Gasteiger charge is 2.15. The zero-order valence-electron chi connectivity index (χ0n) is 9.40. The SMILES string of the molecule is CC=CC[C@@H](C)[C@H](CO)OCOCC. The number of aliphatic hydroxyl groups excluding tert-OH is 1. The van der Waals surface area contributed by atoms with Crippen LogP contribution in [0.4, 0.5) is 0 Å². The van der Waals surface area contributed by atoms with Crippen LogP contribution in [0, 0.1) is 5.92 Å². The minimum Gasteiger partial charge on any atom is -0.394 e. The molecule has 0 spiro atoms. The summed E-state index contributed by atoms with van der Waals surface area (Å²) < 4.78 is 10.5. The largest absolute Gasteiger partial charge is 0.394 e. The van der Waals surface area contributed by atoms with Crippen LogP contribution in [0.1, 0.15) is 27.2 Å². The number of allylic oxidation sites excluding steroid dienone is 2. The van der Waals surface area contributed by atoms with E-state index in [4.69, 9.17) is 14.6 Å². The molecule has 0 aromatic rings. The smallest absolute Gasteiger partial charge is 0.147 e. The molecular weight excluding hydrogens is 180 g/mol. The lowest BCUT2D eigenvalue weighted by Gasteiger charge is -2.21. The summed E-state index contributed by atoms with van der Waals surface area (Å²) in [4.78, 5) is 0. The average Bonchev–Trinajstić information content (AvgIpc) is 2.21. The Balaban J connectivity index is 3.73. The van der Waals surface area contributed by atoms with Crippen molar-refractivity contribution in [3.05, 3.63) is 12.2 Å². The molecule has 0 aromatic heterocycles. The van der Waals surface area contributed by atoms with Gasteiger partial charge in [-0.15, -0.1) is 0 Å². The van der Waals surface area contributed by atoms with Gasteiger partial charge in [0.2, 0.25) is 0 Å². The zero-order valence-corrected chi connectivity index (χ0v) is 9.40. The van der Waals surface area contributed by atoms with E-state index in [2.05, 4.69) is 13.0 Å². The lowest BCUT2D eigenvalue weighted by atomic mass is 10.0. The van der Waals surface area contributed by atoms with Crippen molar-refractivity contribution in [2.75, 3.05) is 20.0 Å². The maximum Gasteiger partial charge on any atom is 0.147 e. The van der Waals surface area contributed by atoms with E-state index in [1.807, 2.05) is 19.9 Å². The summed E-state index contributed by atoms with van der Waals surface area (Å²) in [6.07, 6.45) is 4.89. The van der Waals surface area contributed by atoms with Crippen LogP contribution in [-0.2, 0) is 9.47 Å². The number of ether oxygens (including phenoxy) is 2. The number of aliphatic hydroxyl groups is 1. The van der Waals surface area contributed by atoms with Gasteiger partial charge in [0, 0.05) is 6.61 Å². The van der Waals surface area contributed by atoms with Gasteiger partial charge in [0.15, 0.2) is 0 Å². The highest BCUT2D eigenvalue weighted by molar-refractivity contribution is 4.81. The second kappa shape index (κ2) is 9.19. The normalized spacial score (nSPS) is 16.0. The number of rotatable bonds is 8. The summed E-state index contributed by atoms with van der Waals surface area (Å²) in [6, 6.07) is 0. The van der Waals surface area contributed by atoms with Crippen LogP contribution in [0.3, 0.4) is 0 Å². The van der Waals surface area contributed by atoms with Crippen molar-refractivity contribution >= 4 is 0 Å². The second-order valence-corrected chi connectivity index (χ2v) is 3.28. The van der Waals surface area contributed by atoms with E-state index in [0.29, 0.717) is 12.5 Å². The molecule has 0 aliphatic carbocycles. The molecule has 0 amide bonds. The molecule has 0 bridgehead atoms. The summed E-state index contributed by atoms with van der Waals surface area (Å²) >= 11 is 0. The molecule has 3 nitrogen and oxygen atoms in total. The molecule has 0 heterocycles. The third-order valence-electron chi connectivity index (χ3n) is 2.13. The van der Waals surface area contributed by atoms with Crippen LogP contribution in [-0.4, -0.2) is 31.2 Å². The van der Waals surface area contributed by atoms with Crippen molar-refractivity contribution in [3.8, 4) is 0 Å². The molecular formula is C11H22O3. The minimum absolute atomic E-state index is 0.0474. The standard InChI is InChI=1S/C11H22O3/c1-4-6-7-10(3)11(8-12)14-9-13-5-2/h4,6,10-12H,5,7-9H2,1-3H3/t10-,11+/m1/s1. The predicted octanol–water partition coefficient (Wildman–Crippen LogP) is 1.96. The minimum atomic E-state index is -0.127. The fourth-order valence-electron chi connectivity index (χ4n) is 1.12. The van der Waals surface area contributed by atoms with E-state index >= 15 is 0 Å². The monoisotopic (exact) mass is 202 g/mol. The molecule has 1 N–H and O–H groups in total. The van der Waals surface area contributed by atoms with Gasteiger partial charge in [0.25, 0.3) is 0 Å². The highest BCUT2D eigenvalue weighted by atomic mass is 16.7. The first-order valence-corrected chi connectivity index (χ1v) is 5.17. The van der Waals surface area contributed by atoms with Crippen LogP contribution in [0.2, 0.25) is 0 Å². The van der Waals surface area contributed by atoms with Gasteiger partial charge in [-0.05, 0) is 26.2 Å². The molecule has 0 radical (unpaired) electrons. The fraction of sp³-hybridized carbons (Fsp3) is 0.818. The van der Waals surface area contributed by atoms with E-state index < -0.39 is 0 Å². The van der Waals surface area contributed by atoms with Crippen LogP contribution < -0.4 is 0 Å². The van der Waals surface area contributed by atoms with Crippen molar-refractivity contribution in [1.29, 1.82) is 0 Å². The highest BCUT2D eigenvalue weighted by Crippen LogP contribution is 2.12. The summed E-state index contributed by atoms with van der Waals surface area (Å²) in [7, 11) is 0. The molecule has 2 atom stereocenters. The fourth-order valence-corrected chi connectivity index (χ4v) is 1.12. The lowest BCUT2D eigenvalue weighted by Crippen LogP contribution is -2.26. The Labute approximate surface area is 86.7 Å². The first kappa shape index (κ1) is 13.6. The van der Waals surface area contributed by atoms with Gasteiger partial charge in [0.05, 0.1) is 12.7 Å². The lowest BCUT2D eigenvalue weighted by molar-refractivity contribution is -0.115. The third-order valence-corrected chi connectivity index (χ3v) is 2.13. The Hall–Kier alpha value is -0.380. The quantitative estimate of drug-likeness (QED) is 0.371. The van der Waals surface area contributed by atoms with E-state index in [0.717, 1.165) is 6.42 Å². The van der Waals surface area contributed by atoms with Crippen LogP contribution >= 0.6 is 0 Å². The van der Waals surface area contributed by atoms with Gasteiger partial charge in [-0.3, -0.25) is 0 Å². The van der Waals surface area contributed by atoms with Crippen molar-refractivity contribution < 1.29 is 14.6 Å².